The van der Waals surface area contributed by atoms with Crippen LogP contribution in [0.4, 0.5) is 0 Å². The zero-order valence-electron chi connectivity index (χ0n) is 9.01. The number of sulfonamides is 1. The number of hydrogen-bond donors (Lipinski definition) is 0. The Labute approximate surface area is 105 Å². The van der Waals surface area contributed by atoms with Gasteiger partial charge in [-0.3, -0.25) is 0 Å². The fourth-order valence-electron chi connectivity index (χ4n) is 1.61. The van der Waals surface area contributed by atoms with Crippen LogP contribution in [0.3, 0.4) is 0 Å². The van der Waals surface area contributed by atoms with E-state index in [4.69, 9.17) is 16.9 Å². The van der Waals surface area contributed by atoms with Gasteiger partial charge >= 0.3 is 0 Å². The van der Waals surface area contributed by atoms with Crippen LogP contribution in [0.15, 0.2) is 29.2 Å². The van der Waals surface area contributed by atoms with Crippen LogP contribution in [0.25, 0.3) is 0 Å². The second-order valence-corrected chi connectivity index (χ2v) is 6.22. The highest BCUT2D eigenvalue weighted by atomic mass is 35.5. The predicted octanol–water partition coefficient (Wildman–Crippen LogP) is 2.02. The van der Waals surface area contributed by atoms with Gasteiger partial charge in [0.05, 0.1) is 11.0 Å². The summed E-state index contributed by atoms with van der Waals surface area (Å²) in [5.74, 6) is 0. The van der Waals surface area contributed by atoms with Gasteiger partial charge in [-0.25, -0.2) is 8.42 Å². The van der Waals surface area contributed by atoms with E-state index >= 15 is 0 Å². The third-order valence-electron chi connectivity index (χ3n) is 2.58. The van der Waals surface area contributed by atoms with Crippen LogP contribution in [0.5, 0.6) is 0 Å². The molecular weight excluding hydrogens is 260 g/mol. The Hall–Kier alpha value is -1.09. The predicted molar refractivity (Wildman–Crippen MR) is 64.0 cm³/mol. The van der Waals surface area contributed by atoms with E-state index in [1.165, 1.54) is 16.4 Å². The lowest BCUT2D eigenvalue weighted by atomic mass is 10.4. The van der Waals surface area contributed by atoms with E-state index in [1.54, 1.807) is 12.1 Å². The SMILES string of the molecule is N#CCN(C1CC1)S(=O)(=O)c1cccc(Cl)c1. The highest BCUT2D eigenvalue weighted by Gasteiger charge is 2.37. The first-order valence-electron chi connectivity index (χ1n) is 5.20. The van der Waals surface area contributed by atoms with Crippen molar-refractivity contribution in [2.75, 3.05) is 6.54 Å². The van der Waals surface area contributed by atoms with Crippen LogP contribution in [-0.2, 0) is 10.0 Å². The molecule has 1 saturated carbocycles. The van der Waals surface area contributed by atoms with Gasteiger partial charge in [-0.15, -0.1) is 0 Å². The Kier molecular flexibility index (Phi) is 3.38. The molecule has 0 unspecified atom stereocenters. The first-order valence-corrected chi connectivity index (χ1v) is 7.02. The van der Waals surface area contributed by atoms with Crippen molar-refractivity contribution >= 4 is 21.6 Å². The maximum atomic E-state index is 12.3. The molecule has 0 N–H and O–H groups in total. The summed E-state index contributed by atoms with van der Waals surface area (Å²) < 4.78 is 25.8. The van der Waals surface area contributed by atoms with Crippen molar-refractivity contribution in [3.8, 4) is 6.07 Å². The maximum Gasteiger partial charge on any atom is 0.244 e. The minimum atomic E-state index is -3.60. The average molecular weight is 271 g/mol. The molecule has 1 aromatic rings. The van der Waals surface area contributed by atoms with E-state index < -0.39 is 10.0 Å². The van der Waals surface area contributed by atoms with Gasteiger partial charge in [0.15, 0.2) is 0 Å². The third-order valence-corrected chi connectivity index (χ3v) is 4.71. The summed E-state index contributed by atoms with van der Waals surface area (Å²) in [4.78, 5) is 0.146. The van der Waals surface area contributed by atoms with Crippen molar-refractivity contribution in [3.05, 3.63) is 29.3 Å². The smallest absolute Gasteiger partial charge is 0.207 e. The fourth-order valence-corrected chi connectivity index (χ4v) is 3.49. The van der Waals surface area contributed by atoms with Crippen molar-refractivity contribution in [1.29, 1.82) is 5.26 Å². The van der Waals surface area contributed by atoms with Crippen LogP contribution >= 0.6 is 11.6 Å². The first kappa shape index (κ1) is 12.4. The molecule has 0 radical (unpaired) electrons. The Balaban J connectivity index is 2.37. The standard InChI is InChI=1S/C11H11ClN2O2S/c12-9-2-1-3-11(8-9)17(15,16)14(7-6-13)10-4-5-10/h1-3,8,10H,4-5,7H2. The van der Waals surface area contributed by atoms with Crippen molar-refractivity contribution in [1.82, 2.24) is 4.31 Å². The molecule has 1 fully saturated rings. The van der Waals surface area contributed by atoms with Gasteiger partial charge in [0.1, 0.15) is 6.54 Å². The van der Waals surface area contributed by atoms with Crippen molar-refractivity contribution < 1.29 is 8.42 Å². The van der Waals surface area contributed by atoms with E-state index in [1.807, 2.05) is 6.07 Å². The number of nitriles is 1. The molecule has 1 aromatic carbocycles. The molecule has 0 bridgehead atoms. The van der Waals surface area contributed by atoms with Crippen LogP contribution in [0, 0.1) is 11.3 Å². The number of halogens is 1. The van der Waals surface area contributed by atoms with E-state index in [-0.39, 0.29) is 17.5 Å². The molecule has 0 spiro atoms. The number of hydrogen-bond acceptors (Lipinski definition) is 3. The molecular formula is C11H11ClN2O2S. The zero-order chi connectivity index (χ0) is 12.5. The molecule has 6 heteroatoms. The summed E-state index contributed by atoms with van der Waals surface area (Å²) in [6.07, 6.45) is 1.64. The van der Waals surface area contributed by atoms with E-state index in [0.29, 0.717) is 5.02 Å². The fraction of sp³-hybridized carbons (Fsp3) is 0.364. The Morgan fingerprint density at radius 3 is 2.71 bits per heavy atom. The maximum absolute atomic E-state index is 12.3. The molecule has 0 aromatic heterocycles. The summed E-state index contributed by atoms with van der Waals surface area (Å²) in [7, 11) is -3.60. The zero-order valence-corrected chi connectivity index (χ0v) is 10.6. The van der Waals surface area contributed by atoms with E-state index in [9.17, 15) is 8.42 Å². The van der Waals surface area contributed by atoms with Crippen LogP contribution < -0.4 is 0 Å². The largest absolute Gasteiger partial charge is 0.244 e. The topological polar surface area (TPSA) is 61.2 Å². The Morgan fingerprint density at radius 2 is 2.18 bits per heavy atom. The molecule has 4 nitrogen and oxygen atoms in total. The lowest BCUT2D eigenvalue weighted by molar-refractivity contribution is 0.439. The van der Waals surface area contributed by atoms with Crippen LogP contribution in [0.2, 0.25) is 5.02 Å². The molecule has 1 aliphatic rings. The summed E-state index contributed by atoms with van der Waals surface area (Å²) >= 11 is 5.78. The van der Waals surface area contributed by atoms with Gasteiger partial charge in [-0.1, -0.05) is 17.7 Å². The highest BCUT2D eigenvalue weighted by molar-refractivity contribution is 7.89. The van der Waals surface area contributed by atoms with Gasteiger partial charge in [0.25, 0.3) is 0 Å². The van der Waals surface area contributed by atoms with Crippen molar-refractivity contribution in [2.45, 2.75) is 23.8 Å². The van der Waals surface area contributed by atoms with Gasteiger partial charge in [0.2, 0.25) is 10.0 Å². The second kappa shape index (κ2) is 4.65. The van der Waals surface area contributed by atoms with Crippen molar-refractivity contribution in [3.63, 3.8) is 0 Å². The molecule has 0 heterocycles. The molecule has 0 aliphatic heterocycles. The Bertz CT molecular complexity index is 561. The monoisotopic (exact) mass is 270 g/mol. The lowest BCUT2D eigenvalue weighted by Gasteiger charge is -2.18. The van der Waals surface area contributed by atoms with Gasteiger partial charge in [-0.05, 0) is 31.0 Å². The number of rotatable bonds is 4. The summed E-state index contributed by atoms with van der Waals surface area (Å²) in [5, 5.41) is 9.07. The molecule has 1 aliphatic carbocycles. The van der Waals surface area contributed by atoms with E-state index in [2.05, 4.69) is 0 Å². The molecule has 0 atom stereocenters. The molecule has 2 rings (SSSR count). The lowest BCUT2D eigenvalue weighted by Crippen LogP contribution is -2.33. The van der Waals surface area contributed by atoms with Crippen LogP contribution in [0.1, 0.15) is 12.8 Å². The minimum Gasteiger partial charge on any atom is -0.207 e. The molecule has 90 valence electrons. The van der Waals surface area contributed by atoms with Crippen molar-refractivity contribution in [2.24, 2.45) is 0 Å². The number of nitrogens with zero attached hydrogens (tertiary/aromatic N) is 2. The molecule has 17 heavy (non-hydrogen) atoms. The highest BCUT2D eigenvalue weighted by Crippen LogP contribution is 2.32. The molecule has 0 amide bonds. The quantitative estimate of drug-likeness (QED) is 0.787. The Morgan fingerprint density at radius 1 is 1.47 bits per heavy atom. The summed E-state index contributed by atoms with van der Waals surface area (Å²) in [6.45, 7) is -0.112. The normalized spacial score (nSPS) is 15.8. The van der Waals surface area contributed by atoms with Gasteiger partial charge in [-0.2, -0.15) is 9.57 Å². The van der Waals surface area contributed by atoms with Crippen LogP contribution in [-0.4, -0.2) is 25.3 Å². The van der Waals surface area contributed by atoms with Gasteiger partial charge < -0.3 is 0 Å². The van der Waals surface area contributed by atoms with Gasteiger partial charge in [0, 0.05) is 11.1 Å². The summed E-state index contributed by atoms with van der Waals surface area (Å²) in [5.41, 5.74) is 0. The summed E-state index contributed by atoms with van der Waals surface area (Å²) in [6, 6.07) is 7.97. The molecule has 0 saturated heterocycles. The van der Waals surface area contributed by atoms with E-state index in [0.717, 1.165) is 12.8 Å². The second-order valence-electron chi connectivity index (χ2n) is 3.90. The minimum absolute atomic E-state index is 0.0290. The number of benzene rings is 1. The third kappa shape index (κ3) is 2.60. The average Bonchev–Trinajstić information content (AvgIpc) is 3.09. The first-order chi connectivity index (χ1) is 8.05.